The smallest absolute Gasteiger partial charge is 0.256 e. The summed E-state index contributed by atoms with van der Waals surface area (Å²) in [6.45, 7) is 14.9. The summed E-state index contributed by atoms with van der Waals surface area (Å²) in [6.07, 6.45) is 9.35. The molecule has 0 saturated carbocycles. The van der Waals surface area contributed by atoms with E-state index in [4.69, 9.17) is 14.5 Å². The molecule has 1 atom stereocenters. The Hall–Kier alpha value is -3.77. The number of Topliss-reactive ketones (excluding diaryl/α,β-unsaturated/α-hetero) is 1. The number of anilines is 1. The molecule has 0 aliphatic carbocycles. The Balaban J connectivity index is 0.000000375. The normalized spacial score (nSPS) is 15.3. The van der Waals surface area contributed by atoms with Gasteiger partial charge in [0.2, 0.25) is 0 Å². The van der Waals surface area contributed by atoms with Gasteiger partial charge >= 0.3 is 0 Å². The number of ether oxygens (including phenoxy) is 2. The first-order valence-electron chi connectivity index (χ1n) is 15.1. The van der Waals surface area contributed by atoms with E-state index in [9.17, 15) is 9.59 Å². The molecule has 1 N–H and O–H groups in total. The molecule has 1 saturated heterocycles. The van der Waals surface area contributed by atoms with Gasteiger partial charge in [0, 0.05) is 36.1 Å². The van der Waals surface area contributed by atoms with Crippen LogP contribution in [0, 0.1) is 13.8 Å². The maximum Gasteiger partial charge on any atom is 0.256 e. The number of pyridine rings is 1. The fourth-order valence-corrected chi connectivity index (χ4v) is 4.94. The van der Waals surface area contributed by atoms with Crippen molar-refractivity contribution in [1.82, 2.24) is 4.98 Å². The minimum Gasteiger partial charge on any atom is -0.467 e. The highest BCUT2D eigenvalue weighted by Gasteiger charge is 2.23. The minimum atomic E-state index is -0.190. The lowest BCUT2D eigenvalue weighted by Crippen LogP contribution is -2.15. The third-order valence-electron chi connectivity index (χ3n) is 7.23. The van der Waals surface area contributed by atoms with Crippen molar-refractivity contribution in [3.05, 3.63) is 94.1 Å². The minimum absolute atomic E-state index is 0.0690. The number of ketones is 1. The summed E-state index contributed by atoms with van der Waals surface area (Å²) in [7, 11) is 0. The summed E-state index contributed by atoms with van der Waals surface area (Å²) in [4.78, 5) is 30.2. The van der Waals surface area contributed by atoms with Gasteiger partial charge in [-0.1, -0.05) is 25.5 Å². The number of hydrogen-bond donors (Lipinski definition) is 1. The summed E-state index contributed by atoms with van der Waals surface area (Å²) in [6, 6.07) is 13.1. The van der Waals surface area contributed by atoms with Crippen LogP contribution in [0.15, 0.2) is 66.1 Å². The van der Waals surface area contributed by atoms with Crippen molar-refractivity contribution in [2.75, 3.05) is 11.9 Å². The van der Waals surface area contributed by atoms with Gasteiger partial charge in [-0.25, -0.2) is 4.98 Å². The van der Waals surface area contributed by atoms with Gasteiger partial charge in [-0.2, -0.15) is 0 Å². The van der Waals surface area contributed by atoms with Crippen molar-refractivity contribution in [3.8, 4) is 0 Å². The summed E-state index contributed by atoms with van der Waals surface area (Å²) in [5, 5.41) is 3.83. The van der Waals surface area contributed by atoms with Crippen LogP contribution >= 0.6 is 0 Å². The van der Waals surface area contributed by atoms with Gasteiger partial charge in [-0.15, -0.1) is 0 Å². The van der Waals surface area contributed by atoms with Crippen LogP contribution in [0.4, 0.5) is 5.69 Å². The number of carbonyl (C=O) groups excluding carboxylic acids is 2. The van der Waals surface area contributed by atoms with E-state index < -0.39 is 0 Å². The van der Waals surface area contributed by atoms with E-state index in [1.54, 1.807) is 24.3 Å². The summed E-state index contributed by atoms with van der Waals surface area (Å²) in [5.74, 6) is 1.98. The molecule has 1 fully saturated rings. The Labute approximate surface area is 251 Å². The second kappa shape index (κ2) is 16.0. The molecule has 1 unspecified atom stereocenters. The topological polar surface area (TPSA) is 77.5 Å². The highest BCUT2D eigenvalue weighted by atomic mass is 16.5. The van der Waals surface area contributed by atoms with Gasteiger partial charge in [0.15, 0.2) is 5.78 Å². The van der Waals surface area contributed by atoms with Gasteiger partial charge in [0.1, 0.15) is 0 Å². The Kier molecular flexibility index (Phi) is 12.5. The molecule has 2 aromatic carbocycles. The molecule has 224 valence electrons. The van der Waals surface area contributed by atoms with Crippen LogP contribution in [0.2, 0.25) is 0 Å². The van der Waals surface area contributed by atoms with Gasteiger partial charge in [0.05, 0.1) is 34.4 Å². The Morgan fingerprint density at radius 2 is 1.74 bits per heavy atom. The molecule has 6 heteroatoms. The molecule has 3 aromatic rings. The number of amides is 1. The Morgan fingerprint density at radius 1 is 1.02 bits per heavy atom. The Morgan fingerprint density at radius 3 is 2.33 bits per heavy atom. The van der Waals surface area contributed by atoms with Crippen LogP contribution in [0.3, 0.4) is 0 Å². The molecule has 1 aliphatic rings. The van der Waals surface area contributed by atoms with Gasteiger partial charge < -0.3 is 14.8 Å². The lowest BCUT2D eigenvalue weighted by Gasteiger charge is -2.15. The molecule has 6 nitrogen and oxygen atoms in total. The van der Waals surface area contributed by atoms with Crippen molar-refractivity contribution in [1.29, 1.82) is 0 Å². The summed E-state index contributed by atoms with van der Waals surface area (Å²) in [5.41, 5.74) is 5.69. The molecule has 2 heterocycles. The highest BCUT2D eigenvalue weighted by molar-refractivity contribution is 6.13. The fourth-order valence-electron chi connectivity index (χ4n) is 4.94. The first-order chi connectivity index (χ1) is 20.2. The first kappa shape index (κ1) is 32.7. The molecule has 0 radical (unpaired) electrons. The van der Waals surface area contributed by atoms with E-state index >= 15 is 0 Å². The number of benzene rings is 2. The number of nitrogens with one attached hydrogen (secondary N) is 1. The molecule has 42 heavy (non-hydrogen) atoms. The van der Waals surface area contributed by atoms with E-state index in [0.717, 1.165) is 78.0 Å². The zero-order chi connectivity index (χ0) is 30.6. The van der Waals surface area contributed by atoms with Crippen LogP contribution in [-0.4, -0.2) is 23.3 Å². The number of carbonyl (C=O) groups is 2. The number of rotatable bonds is 10. The van der Waals surface area contributed by atoms with Crippen LogP contribution in [0.25, 0.3) is 10.9 Å². The van der Waals surface area contributed by atoms with Crippen LogP contribution < -0.4 is 5.32 Å². The second-order valence-electron chi connectivity index (χ2n) is 10.8. The number of aromatic nitrogens is 1. The molecule has 1 amide bonds. The fraction of sp³-hybridized carbons (Fsp3) is 0.417. The van der Waals surface area contributed by atoms with Crippen LogP contribution in [0.1, 0.15) is 117 Å². The SMILES string of the molecule is C/C=C(/C)O/C(=C\C)CCC.CCCC(=O)c1ccc(NC(=O)c2cc(C3CCCO3)nc3c(C)cc(C)cc23)cc1. The van der Waals surface area contributed by atoms with Crippen molar-refractivity contribution < 1.29 is 19.1 Å². The quantitative estimate of drug-likeness (QED) is 0.194. The summed E-state index contributed by atoms with van der Waals surface area (Å²) >= 11 is 0. The van der Waals surface area contributed by atoms with Crippen molar-refractivity contribution in [2.24, 2.45) is 0 Å². The average Bonchev–Trinajstić information content (AvgIpc) is 3.52. The summed E-state index contributed by atoms with van der Waals surface area (Å²) < 4.78 is 11.3. The van der Waals surface area contributed by atoms with Crippen molar-refractivity contribution in [2.45, 2.75) is 93.1 Å². The van der Waals surface area contributed by atoms with Gasteiger partial charge in [0.25, 0.3) is 5.91 Å². The third-order valence-corrected chi connectivity index (χ3v) is 7.23. The number of hydrogen-bond acceptors (Lipinski definition) is 5. The molecular formula is C36H46N2O4. The molecule has 4 rings (SSSR count). The number of aryl methyl sites for hydroxylation is 2. The standard InChI is InChI=1S/C26H28N2O3.C10H18O/c1-4-6-23(29)18-8-10-19(11-9-18)27-26(30)21-15-22(24-7-5-12-31-24)28-25-17(3)13-16(2)14-20(21)25;1-5-8-10(7-3)11-9(4)6-2/h8-11,13-15,24H,4-7,12H2,1-3H3,(H,27,30);6-7H,5,8H2,1-4H3/b;9-6-,10-7-. The van der Waals surface area contributed by atoms with E-state index in [1.807, 2.05) is 65.8 Å². The zero-order valence-corrected chi connectivity index (χ0v) is 26.3. The maximum absolute atomic E-state index is 13.3. The molecular weight excluding hydrogens is 524 g/mol. The monoisotopic (exact) mass is 570 g/mol. The first-order valence-corrected chi connectivity index (χ1v) is 15.1. The highest BCUT2D eigenvalue weighted by Crippen LogP contribution is 2.32. The third kappa shape index (κ3) is 8.86. The lowest BCUT2D eigenvalue weighted by atomic mass is 9.99. The zero-order valence-electron chi connectivity index (χ0n) is 26.3. The average molecular weight is 571 g/mol. The molecule has 1 aromatic heterocycles. The second-order valence-corrected chi connectivity index (χ2v) is 10.8. The molecule has 0 bridgehead atoms. The predicted molar refractivity (Wildman–Crippen MR) is 172 cm³/mol. The van der Waals surface area contributed by atoms with E-state index in [0.29, 0.717) is 23.2 Å². The largest absolute Gasteiger partial charge is 0.467 e. The number of allylic oxidation sites excluding steroid dienone is 4. The van der Waals surface area contributed by atoms with Gasteiger partial charge in [-0.3, -0.25) is 9.59 Å². The van der Waals surface area contributed by atoms with Crippen LogP contribution in [0.5, 0.6) is 0 Å². The van der Waals surface area contributed by atoms with E-state index in [2.05, 4.69) is 18.3 Å². The van der Waals surface area contributed by atoms with E-state index in [1.165, 1.54) is 0 Å². The van der Waals surface area contributed by atoms with Gasteiger partial charge in [-0.05, 0) is 114 Å². The van der Waals surface area contributed by atoms with Crippen molar-refractivity contribution >= 4 is 28.3 Å². The molecule has 1 aliphatic heterocycles. The predicted octanol–water partition coefficient (Wildman–Crippen LogP) is 9.57. The Bertz CT molecular complexity index is 1430. The lowest BCUT2D eigenvalue weighted by molar-refractivity contribution is 0.0980. The maximum atomic E-state index is 13.3. The van der Waals surface area contributed by atoms with Crippen molar-refractivity contribution in [3.63, 3.8) is 0 Å². The molecule has 0 spiro atoms. The number of nitrogens with zero attached hydrogens (tertiary/aromatic N) is 1. The number of fused-ring (bicyclic) bond motifs is 1. The van der Waals surface area contributed by atoms with Crippen LogP contribution in [-0.2, 0) is 9.47 Å². The van der Waals surface area contributed by atoms with E-state index in [-0.39, 0.29) is 17.8 Å².